The van der Waals surface area contributed by atoms with Crippen LogP contribution in [0.2, 0.25) is 39.5 Å². The summed E-state index contributed by atoms with van der Waals surface area (Å²) in [5.74, 6) is 0. The summed E-state index contributed by atoms with van der Waals surface area (Å²) in [7, 11) is 0. The van der Waals surface area contributed by atoms with Crippen molar-refractivity contribution in [1.29, 1.82) is 0 Å². The second-order valence-electron chi connectivity index (χ2n) is 20.0. The van der Waals surface area contributed by atoms with E-state index in [2.05, 4.69) is 99.0 Å². The third-order valence-electron chi connectivity index (χ3n) is 12.9. The maximum absolute atomic E-state index is 5.85. The Hall–Kier alpha value is -7.07. The fourth-order valence-electron chi connectivity index (χ4n) is 8.62. The number of pyridine rings is 5. The van der Waals surface area contributed by atoms with Gasteiger partial charge in [-0.05, 0) is 176 Å². The van der Waals surface area contributed by atoms with Crippen LogP contribution in [0.5, 0.6) is 0 Å². The summed E-state index contributed by atoms with van der Waals surface area (Å²) >= 11 is 47.7. The number of benzene rings is 3. The Kier molecular flexibility index (Phi) is 22.7. The number of H-pyrrole nitrogens is 6. The Bertz CT molecular complexity index is 4270. The molecule has 15 rings (SSSR count). The standard InChI is InChI=1S/C10H8ClN.C10H11N.C9H8ClN.4C8H7ClN2.C5H4Cl2S/c1-7-4-8-2-3-9(11)5-10(8)12-6-7;1-7-3-4-9-8(2)6-11-10(9)5-7;1-6-4-7-5-8(10)2-3-9(7)11-6;1-5-2-8-6(3-10-5)7(9)4-11-8;1-5-2-6-3-7(9)4-10-8(6)11-5;2*1-5-2-3-6-7(9)4-10-8(6)11-5;1-3-4(6)2-5(7)8-3/h2-6H,1H3;3-6,11H,1-2H3;2-5,11H,1H3;2-4,11H,1H3;3*2-4H,1H3,(H,10,11);2H,1H3. The van der Waals surface area contributed by atoms with Crippen LogP contribution >= 0.6 is 104 Å². The van der Waals surface area contributed by atoms with Gasteiger partial charge in [-0.2, -0.15) is 0 Å². The Morgan fingerprint density at radius 2 is 0.942 bits per heavy atom. The lowest BCUT2D eigenvalue weighted by atomic mass is 10.1. The summed E-state index contributed by atoms with van der Waals surface area (Å²) < 4.78 is 0.757. The quantitative estimate of drug-likeness (QED) is 0.0891. The van der Waals surface area contributed by atoms with Crippen molar-refractivity contribution in [3.63, 3.8) is 0 Å². The van der Waals surface area contributed by atoms with Gasteiger partial charge in [-0.15, -0.1) is 11.3 Å². The molecule has 12 aromatic heterocycles. The van der Waals surface area contributed by atoms with Crippen molar-refractivity contribution in [1.82, 2.24) is 54.8 Å². The Morgan fingerprint density at radius 1 is 0.360 bits per heavy atom. The Morgan fingerprint density at radius 3 is 1.59 bits per heavy atom. The molecule has 0 saturated carbocycles. The highest BCUT2D eigenvalue weighted by Gasteiger charge is 2.05. The maximum atomic E-state index is 5.85. The third-order valence-corrected chi connectivity index (χ3v) is 16.1. The number of halogens is 8. The summed E-state index contributed by atoms with van der Waals surface area (Å²) in [6, 6.07) is 37.7. The van der Waals surface area contributed by atoms with Gasteiger partial charge in [0.15, 0.2) is 0 Å². The molecule has 0 aliphatic rings. The molecule has 0 amide bonds. The molecule has 0 spiro atoms. The minimum absolute atomic E-state index is 0.677. The molecule has 6 N–H and O–H groups in total. The van der Waals surface area contributed by atoms with E-state index >= 15 is 0 Å². The number of hydrogen-bond donors (Lipinski definition) is 6. The molecule has 3 aromatic carbocycles. The summed E-state index contributed by atoms with van der Waals surface area (Å²) in [6.07, 6.45) is 12.6. The molecule has 11 nitrogen and oxygen atoms in total. The van der Waals surface area contributed by atoms with Crippen LogP contribution in [-0.4, -0.2) is 54.8 Å². The van der Waals surface area contributed by atoms with Gasteiger partial charge in [-0.1, -0.05) is 111 Å². The molecule has 0 fully saturated rings. The van der Waals surface area contributed by atoms with Gasteiger partial charge in [0.05, 0.1) is 40.5 Å². The van der Waals surface area contributed by atoms with E-state index in [1.165, 1.54) is 50.0 Å². The molecule has 0 unspecified atom stereocenters. The number of rotatable bonds is 0. The highest BCUT2D eigenvalue weighted by atomic mass is 35.5. The number of aromatic amines is 6. The molecule has 86 heavy (non-hydrogen) atoms. The Balaban J connectivity index is 0.000000128. The zero-order valence-electron chi connectivity index (χ0n) is 48.2. The van der Waals surface area contributed by atoms with Crippen molar-refractivity contribution >= 4 is 181 Å². The molecule has 0 saturated heterocycles. The number of aromatic nitrogens is 11. The first-order valence-electron chi connectivity index (χ1n) is 26.7. The molecule has 15 aromatic rings. The molecule has 440 valence electrons. The van der Waals surface area contributed by atoms with Crippen LogP contribution in [-0.2, 0) is 0 Å². The van der Waals surface area contributed by atoms with E-state index in [-0.39, 0.29) is 0 Å². The van der Waals surface area contributed by atoms with Crippen molar-refractivity contribution < 1.29 is 0 Å². The molecule has 12 heterocycles. The van der Waals surface area contributed by atoms with Gasteiger partial charge >= 0.3 is 0 Å². The predicted molar refractivity (Wildman–Crippen MR) is 370 cm³/mol. The number of aryl methyl sites for hydroxylation is 9. The smallest absolute Gasteiger partial charge is 0.139 e. The number of thiophene rings is 1. The van der Waals surface area contributed by atoms with Crippen LogP contribution in [0.25, 0.3) is 76.7 Å². The maximum Gasteiger partial charge on any atom is 0.139 e. The van der Waals surface area contributed by atoms with Crippen LogP contribution < -0.4 is 0 Å². The lowest BCUT2D eigenvalue weighted by molar-refractivity contribution is 1.22. The highest BCUT2D eigenvalue weighted by Crippen LogP contribution is 2.30. The van der Waals surface area contributed by atoms with E-state index in [1.54, 1.807) is 37.1 Å². The molecular formula is C66H59Cl8N11S. The minimum atomic E-state index is 0.677. The topological polar surface area (TPSA) is 159 Å². The number of nitrogens with one attached hydrogen (secondary N) is 6. The van der Waals surface area contributed by atoms with Crippen molar-refractivity contribution in [3.8, 4) is 0 Å². The number of nitrogens with zero attached hydrogens (tertiary/aromatic N) is 5. The molecular weight excluding hydrogens is 1260 g/mol. The molecule has 20 heteroatoms. The zero-order valence-corrected chi connectivity index (χ0v) is 55.0. The molecule has 0 bridgehead atoms. The Labute approximate surface area is 541 Å². The third kappa shape index (κ3) is 18.0. The van der Waals surface area contributed by atoms with Crippen LogP contribution in [0.1, 0.15) is 50.0 Å². The first kappa shape index (κ1) is 64.9. The SMILES string of the molecule is Cc1cc2[nH]cc(Cl)c2cn1.Cc1cc2cc(Cl)ccc2[nH]1.Cc1cc2cc(Cl)cnc2[nH]1.Cc1ccc2c(C)c[nH]c2c1.Cc1ccc2c(Cl)c[nH]c2n1.Cc1ccc2c(Cl)c[nH]c2n1.Cc1cnc2cc(Cl)ccc2c1.Cc1sc(Cl)cc1Cl. The van der Waals surface area contributed by atoms with Crippen molar-refractivity contribution in [2.24, 2.45) is 0 Å². The van der Waals surface area contributed by atoms with Gasteiger partial charge in [-0.25, -0.2) is 15.0 Å². The fraction of sp³-hybridized carbons (Fsp3) is 0.136. The second kappa shape index (κ2) is 30.0. The van der Waals surface area contributed by atoms with Gasteiger partial charge in [0, 0.05) is 136 Å². The van der Waals surface area contributed by atoms with Gasteiger partial charge in [0.2, 0.25) is 0 Å². The predicted octanol–water partition coefficient (Wildman–Crippen LogP) is 22.6. The average molecular weight is 1320 g/mol. The van der Waals surface area contributed by atoms with Gasteiger partial charge in [0.25, 0.3) is 0 Å². The van der Waals surface area contributed by atoms with Crippen molar-refractivity contribution in [3.05, 3.63) is 248 Å². The number of hydrogen-bond acceptors (Lipinski definition) is 6. The summed E-state index contributed by atoms with van der Waals surface area (Å²) in [4.78, 5) is 40.7. The van der Waals surface area contributed by atoms with Crippen molar-refractivity contribution in [2.45, 2.75) is 62.3 Å². The normalized spacial score (nSPS) is 10.6. The lowest BCUT2D eigenvalue weighted by Gasteiger charge is -1.98. The van der Waals surface area contributed by atoms with Crippen LogP contribution in [0, 0.1) is 62.3 Å². The zero-order chi connectivity index (χ0) is 61.8. The highest BCUT2D eigenvalue weighted by molar-refractivity contribution is 7.16. The van der Waals surface area contributed by atoms with Crippen LogP contribution in [0.3, 0.4) is 0 Å². The lowest BCUT2D eigenvalue weighted by Crippen LogP contribution is -1.80. The van der Waals surface area contributed by atoms with Gasteiger partial charge < -0.3 is 29.9 Å². The number of fused-ring (bicyclic) bond motifs is 7. The van der Waals surface area contributed by atoms with Gasteiger partial charge in [0.1, 0.15) is 16.9 Å². The van der Waals surface area contributed by atoms with E-state index in [0.29, 0.717) is 5.02 Å². The van der Waals surface area contributed by atoms with Crippen LogP contribution in [0.15, 0.2) is 159 Å². The van der Waals surface area contributed by atoms with E-state index in [0.717, 1.165) is 123 Å². The fourth-order valence-corrected chi connectivity index (χ4v) is 11.2. The van der Waals surface area contributed by atoms with E-state index < -0.39 is 0 Å². The van der Waals surface area contributed by atoms with E-state index in [4.69, 9.17) is 92.8 Å². The molecule has 0 aliphatic heterocycles. The first-order valence-corrected chi connectivity index (χ1v) is 30.5. The first-order chi connectivity index (χ1) is 41.0. The summed E-state index contributed by atoms with van der Waals surface area (Å²) in [5, 5.41) is 12.8. The monoisotopic (exact) mass is 1320 g/mol. The molecule has 0 atom stereocenters. The summed E-state index contributed by atoms with van der Waals surface area (Å²) in [5.41, 5.74) is 16.0. The molecule has 0 aliphatic carbocycles. The summed E-state index contributed by atoms with van der Waals surface area (Å²) in [6.45, 7) is 18.1. The largest absolute Gasteiger partial charge is 0.361 e. The second-order valence-corrected chi connectivity index (χ2v) is 24.9. The van der Waals surface area contributed by atoms with Crippen LogP contribution in [0.4, 0.5) is 0 Å². The minimum Gasteiger partial charge on any atom is -0.361 e. The van der Waals surface area contributed by atoms with Gasteiger partial charge in [-0.3, -0.25) is 9.97 Å². The van der Waals surface area contributed by atoms with Crippen molar-refractivity contribution in [2.75, 3.05) is 0 Å². The van der Waals surface area contributed by atoms with E-state index in [1.807, 2.05) is 140 Å². The van der Waals surface area contributed by atoms with E-state index in [9.17, 15) is 0 Å². The average Bonchev–Trinajstić information content (AvgIpc) is 4.48. The molecule has 0 radical (unpaired) electrons.